The molecule has 0 radical (unpaired) electrons. The van der Waals surface area contributed by atoms with Crippen molar-refractivity contribution < 1.29 is 27.5 Å². The number of hydrogen-bond donors (Lipinski definition) is 3. The molecule has 0 aromatic heterocycles. The van der Waals surface area contributed by atoms with Crippen LogP contribution in [0.4, 0.5) is 11.4 Å². The van der Waals surface area contributed by atoms with Crippen molar-refractivity contribution in [3.8, 4) is 11.5 Å². The molecule has 9 nitrogen and oxygen atoms in total. The summed E-state index contributed by atoms with van der Waals surface area (Å²) in [5.41, 5.74) is 1.66. The van der Waals surface area contributed by atoms with Crippen molar-refractivity contribution in [2.75, 3.05) is 24.0 Å². The third-order valence-electron chi connectivity index (χ3n) is 4.09. The predicted molar refractivity (Wildman–Crippen MR) is 95.2 cm³/mol. The summed E-state index contributed by atoms with van der Waals surface area (Å²) in [4.78, 5) is 23.4. The van der Waals surface area contributed by atoms with Crippen molar-refractivity contribution in [2.24, 2.45) is 0 Å². The van der Waals surface area contributed by atoms with Crippen molar-refractivity contribution >= 4 is 33.2 Å². The fraction of sp³-hybridized carbons (Fsp3) is 0.176. The number of sulfonamides is 1. The second-order valence-electron chi connectivity index (χ2n) is 5.98. The topological polar surface area (TPSA) is 123 Å². The van der Waals surface area contributed by atoms with Gasteiger partial charge >= 0.3 is 0 Å². The number of anilines is 2. The summed E-state index contributed by atoms with van der Waals surface area (Å²) >= 11 is 0. The summed E-state index contributed by atoms with van der Waals surface area (Å²) in [5.74, 6) is 0.374. The van der Waals surface area contributed by atoms with Gasteiger partial charge in [-0.1, -0.05) is 0 Å². The number of benzene rings is 2. The number of amides is 2. The van der Waals surface area contributed by atoms with E-state index in [4.69, 9.17) is 9.47 Å². The van der Waals surface area contributed by atoms with Crippen LogP contribution in [-0.4, -0.2) is 33.6 Å². The standard InChI is InChI=1S/C17H15N3O6S/c21-16-6-10-5-12(2-3-13(10)20-16)27(23,24)18-8-17(22)19-11-1-4-14-15(7-11)26-9-25-14/h1-5,7,18H,6,8-9H2,(H,19,22)(H,20,21). The van der Waals surface area contributed by atoms with Crippen LogP contribution in [0.5, 0.6) is 11.5 Å². The van der Waals surface area contributed by atoms with E-state index < -0.39 is 22.5 Å². The molecule has 3 N–H and O–H groups in total. The molecule has 0 fully saturated rings. The predicted octanol–water partition coefficient (Wildman–Crippen LogP) is 0.827. The highest BCUT2D eigenvalue weighted by atomic mass is 32.2. The molecule has 2 aromatic carbocycles. The number of carbonyl (C=O) groups is 2. The van der Waals surface area contributed by atoms with Gasteiger partial charge in [0.05, 0.1) is 17.9 Å². The van der Waals surface area contributed by atoms with Gasteiger partial charge < -0.3 is 20.1 Å². The molecule has 2 heterocycles. The second kappa shape index (κ2) is 6.56. The summed E-state index contributed by atoms with van der Waals surface area (Å²) in [6, 6.07) is 9.21. The van der Waals surface area contributed by atoms with Crippen molar-refractivity contribution in [3.63, 3.8) is 0 Å². The first-order valence-corrected chi connectivity index (χ1v) is 9.51. The molecule has 0 unspecified atom stereocenters. The van der Waals surface area contributed by atoms with Gasteiger partial charge in [0.15, 0.2) is 11.5 Å². The lowest BCUT2D eigenvalue weighted by Crippen LogP contribution is -2.32. The fourth-order valence-corrected chi connectivity index (χ4v) is 3.83. The summed E-state index contributed by atoms with van der Waals surface area (Å²) in [6.45, 7) is -0.320. The van der Waals surface area contributed by atoms with E-state index in [0.717, 1.165) is 0 Å². The van der Waals surface area contributed by atoms with Crippen LogP contribution in [0.1, 0.15) is 5.56 Å². The van der Waals surface area contributed by atoms with E-state index in [2.05, 4.69) is 15.4 Å². The molecule has 27 heavy (non-hydrogen) atoms. The van der Waals surface area contributed by atoms with Crippen LogP contribution < -0.4 is 24.8 Å². The largest absolute Gasteiger partial charge is 0.454 e. The molecule has 2 aliphatic heterocycles. The minimum absolute atomic E-state index is 0.00590. The van der Waals surface area contributed by atoms with Gasteiger partial charge in [-0.25, -0.2) is 13.1 Å². The highest BCUT2D eigenvalue weighted by molar-refractivity contribution is 7.89. The molecule has 0 atom stereocenters. The normalized spacial score (nSPS) is 14.6. The second-order valence-corrected chi connectivity index (χ2v) is 7.75. The minimum Gasteiger partial charge on any atom is -0.454 e. The third kappa shape index (κ3) is 3.57. The Morgan fingerprint density at radius 1 is 1.11 bits per heavy atom. The van der Waals surface area contributed by atoms with Crippen LogP contribution >= 0.6 is 0 Å². The number of fused-ring (bicyclic) bond motifs is 2. The Kier molecular flexibility index (Phi) is 4.21. The molecule has 0 saturated heterocycles. The number of carbonyl (C=O) groups excluding carboxylic acids is 2. The molecule has 2 aromatic rings. The SMILES string of the molecule is O=C(CNS(=O)(=O)c1ccc2c(c1)CC(=O)N2)Nc1ccc2c(c1)OCO2. The molecule has 0 spiro atoms. The van der Waals surface area contributed by atoms with Gasteiger partial charge in [0, 0.05) is 17.4 Å². The number of hydrogen-bond acceptors (Lipinski definition) is 6. The van der Waals surface area contributed by atoms with E-state index in [-0.39, 0.29) is 24.0 Å². The van der Waals surface area contributed by atoms with E-state index >= 15 is 0 Å². The maximum absolute atomic E-state index is 12.4. The minimum atomic E-state index is -3.89. The Morgan fingerprint density at radius 2 is 1.93 bits per heavy atom. The van der Waals surface area contributed by atoms with Gasteiger partial charge in [0.25, 0.3) is 0 Å². The number of nitrogens with one attached hydrogen (secondary N) is 3. The lowest BCUT2D eigenvalue weighted by atomic mass is 10.2. The fourth-order valence-electron chi connectivity index (χ4n) is 2.80. The molecule has 2 amide bonds. The van der Waals surface area contributed by atoms with Crippen molar-refractivity contribution in [2.45, 2.75) is 11.3 Å². The molecule has 2 aliphatic rings. The van der Waals surface area contributed by atoms with E-state index in [1.54, 1.807) is 18.2 Å². The van der Waals surface area contributed by atoms with Gasteiger partial charge in [-0.3, -0.25) is 9.59 Å². The Balaban J connectivity index is 1.39. The maximum Gasteiger partial charge on any atom is 0.241 e. The highest BCUT2D eigenvalue weighted by Gasteiger charge is 2.22. The van der Waals surface area contributed by atoms with Crippen molar-refractivity contribution in [1.82, 2.24) is 4.72 Å². The Morgan fingerprint density at radius 3 is 2.78 bits per heavy atom. The zero-order valence-corrected chi connectivity index (χ0v) is 14.8. The van der Waals surface area contributed by atoms with Gasteiger partial charge in [-0.15, -0.1) is 0 Å². The monoisotopic (exact) mass is 389 g/mol. The quantitative estimate of drug-likeness (QED) is 0.696. The molecular weight excluding hydrogens is 374 g/mol. The van der Waals surface area contributed by atoms with Gasteiger partial charge in [-0.05, 0) is 35.9 Å². The lowest BCUT2D eigenvalue weighted by molar-refractivity contribution is -0.115. The van der Waals surface area contributed by atoms with Crippen LogP contribution in [0.25, 0.3) is 0 Å². The van der Waals surface area contributed by atoms with Gasteiger partial charge in [0.1, 0.15) is 0 Å². The van der Waals surface area contributed by atoms with Crippen molar-refractivity contribution in [3.05, 3.63) is 42.0 Å². The highest BCUT2D eigenvalue weighted by Crippen LogP contribution is 2.34. The first-order chi connectivity index (χ1) is 12.9. The van der Waals surface area contributed by atoms with Crippen LogP contribution in [0.15, 0.2) is 41.3 Å². The van der Waals surface area contributed by atoms with Crippen LogP contribution in [0.3, 0.4) is 0 Å². The molecule has 0 aliphatic carbocycles. The Bertz CT molecular complexity index is 1050. The molecule has 4 rings (SSSR count). The van der Waals surface area contributed by atoms with Gasteiger partial charge in [-0.2, -0.15) is 0 Å². The maximum atomic E-state index is 12.4. The summed E-state index contributed by atoms with van der Waals surface area (Å²) in [6.07, 6.45) is 0.128. The molecule has 10 heteroatoms. The third-order valence-corrected chi connectivity index (χ3v) is 5.49. The van der Waals surface area contributed by atoms with Crippen LogP contribution in [0, 0.1) is 0 Å². The smallest absolute Gasteiger partial charge is 0.241 e. The summed E-state index contributed by atoms with van der Waals surface area (Å²) in [7, 11) is -3.89. The average molecular weight is 389 g/mol. The molecule has 140 valence electrons. The van der Waals surface area contributed by atoms with Crippen molar-refractivity contribution in [1.29, 1.82) is 0 Å². The Labute approximate surface area is 154 Å². The Hall–Kier alpha value is -3.11. The first kappa shape index (κ1) is 17.3. The van der Waals surface area contributed by atoms with Gasteiger partial charge in [0.2, 0.25) is 28.6 Å². The van der Waals surface area contributed by atoms with E-state index in [0.29, 0.717) is 28.4 Å². The summed E-state index contributed by atoms with van der Waals surface area (Å²) in [5, 5.41) is 5.22. The van der Waals surface area contributed by atoms with E-state index in [9.17, 15) is 18.0 Å². The van der Waals surface area contributed by atoms with E-state index in [1.165, 1.54) is 18.2 Å². The van der Waals surface area contributed by atoms with E-state index in [1.807, 2.05) is 0 Å². The molecule has 0 saturated carbocycles. The number of rotatable bonds is 5. The first-order valence-electron chi connectivity index (χ1n) is 8.03. The van der Waals surface area contributed by atoms with Crippen LogP contribution in [0.2, 0.25) is 0 Å². The lowest BCUT2D eigenvalue weighted by Gasteiger charge is -2.09. The van der Waals surface area contributed by atoms with Crippen LogP contribution in [-0.2, 0) is 26.0 Å². The number of ether oxygens (including phenoxy) is 2. The molecular formula is C17H15N3O6S. The zero-order valence-electron chi connectivity index (χ0n) is 13.9. The average Bonchev–Trinajstić information content (AvgIpc) is 3.24. The summed E-state index contributed by atoms with van der Waals surface area (Å²) < 4.78 is 37.4. The molecule has 0 bridgehead atoms. The zero-order chi connectivity index (χ0) is 19.0.